The van der Waals surface area contributed by atoms with Gasteiger partial charge in [0.05, 0.1) is 4.92 Å². The van der Waals surface area contributed by atoms with Crippen LogP contribution in [0.3, 0.4) is 0 Å². The molecule has 1 aliphatic carbocycles. The smallest absolute Gasteiger partial charge is 0.273 e. The van der Waals surface area contributed by atoms with Gasteiger partial charge in [-0.05, 0) is 25.8 Å². The molecule has 1 aliphatic rings. The molecule has 2 rings (SSSR count). The highest BCUT2D eigenvalue weighted by molar-refractivity contribution is 5.96. The number of nitrogens with zero attached hydrogens (tertiary/aromatic N) is 2. The van der Waals surface area contributed by atoms with E-state index in [2.05, 4.69) is 0 Å². The van der Waals surface area contributed by atoms with Crippen molar-refractivity contribution in [3.05, 3.63) is 39.4 Å². The fraction of sp³-hybridized carbons (Fsp3) is 0.533. The highest BCUT2D eigenvalue weighted by atomic mass is 16.6. The predicted octanol–water partition coefficient (Wildman–Crippen LogP) is 3.31. The summed E-state index contributed by atoms with van der Waals surface area (Å²) >= 11 is 0. The molecular formula is C15H20N2O3. The Hall–Kier alpha value is -1.91. The summed E-state index contributed by atoms with van der Waals surface area (Å²) in [5, 5.41) is 10.9. The van der Waals surface area contributed by atoms with Crippen LogP contribution in [0.15, 0.2) is 18.2 Å². The van der Waals surface area contributed by atoms with Crippen molar-refractivity contribution in [2.45, 2.75) is 45.1 Å². The summed E-state index contributed by atoms with van der Waals surface area (Å²) in [6, 6.07) is 4.94. The molecule has 5 heteroatoms. The standard InChI is InChI=1S/C15H20N2O3/c1-11-13(9-6-10-14(11)17(19)20)15(18)16(2)12-7-4-3-5-8-12/h6,9-10,12H,3-5,7-8H2,1-2H3. The number of hydrogen-bond donors (Lipinski definition) is 0. The Kier molecular flexibility index (Phi) is 4.37. The average Bonchev–Trinajstić information content (AvgIpc) is 2.46. The summed E-state index contributed by atoms with van der Waals surface area (Å²) in [5.41, 5.74) is 0.894. The van der Waals surface area contributed by atoms with E-state index in [0.29, 0.717) is 11.1 Å². The minimum atomic E-state index is -0.438. The van der Waals surface area contributed by atoms with Crippen LogP contribution in [0.1, 0.15) is 48.0 Å². The van der Waals surface area contributed by atoms with Gasteiger partial charge in [0, 0.05) is 30.3 Å². The van der Waals surface area contributed by atoms with Gasteiger partial charge in [-0.25, -0.2) is 0 Å². The van der Waals surface area contributed by atoms with Crippen molar-refractivity contribution < 1.29 is 9.72 Å². The van der Waals surface area contributed by atoms with Crippen LogP contribution in [0.25, 0.3) is 0 Å². The average molecular weight is 276 g/mol. The maximum Gasteiger partial charge on any atom is 0.273 e. The van der Waals surface area contributed by atoms with Gasteiger partial charge in [0.2, 0.25) is 0 Å². The SMILES string of the molecule is Cc1c(C(=O)N(C)C2CCCCC2)cccc1[N+](=O)[O-]. The quantitative estimate of drug-likeness (QED) is 0.628. The fourth-order valence-electron chi connectivity index (χ4n) is 2.88. The van der Waals surface area contributed by atoms with Gasteiger partial charge in [-0.15, -0.1) is 0 Å². The van der Waals surface area contributed by atoms with Crippen molar-refractivity contribution in [3.63, 3.8) is 0 Å². The Morgan fingerprint density at radius 2 is 1.95 bits per heavy atom. The van der Waals surface area contributed by atoms with E-state index < -0.39 is 4.92 Å². The Labute approximate surface area is 118 Å². The molecule has 0 saturated heterocycles. The highest BCUT2D eigenvalue weighted by Gasteiger charge is 2.26. The summed E-state index contributed by atoms with van der Waals surface area (Å²) in [4.78, 5) is 24.8. The molecule has 0 aromatic heterocycles. The normalized spacial score (nSPS) is 15.9. The highest BCUT2D eigenvalue weighted by Crippen LogP contribution is 2.26. The van der Waals surface area contributed by atoms with Crippen LogP contribution in [0.2, 0.25) is 0 Å². The molecule has 0 N–H and O–H groups in total. The topological polar surface area (TPSA) is 63.5 Å². The molecular weight excluding hydrogens is 256 g/mol. The largest absolute Gasteiger partial charge is 0.339 e. The van der Waals surface area contributed by atoms with Gasteiger partial charge in [-0.3, -0.25) is 14.9 Å². The number of carbonyl (C=O) groups excluding carboxylic acids is 1. The third-order valence-corrected chi connectivity index (χ3v) is 4.18. The molecule has 1 saturated carbocycles. The first-order valence-electron chi connectivity index (χ1n) is 7.03. The van der Waals surface area contributed by atoms with Crippen LogP contribution in [0.4, 0.5) is 5.69 Å². The zero-order chi connectivity index (χ0) is 14.7. The van der Waals surface area contributed by atoms with E-state index in [1.807, 2.05) is 0 Å². The van der Waals surface area contributed by atoms with E-state index in [0.717, 1.165) is 25.7 Å². The van der Waals surface area contributed by atoms with Gasteiger partial charge in [0.1, 0.15) is 0 Å². The lowest BCUT2D eigenvalue weighted by Crippen LogP contribution is -2.38. The summed E-state index contributed by atoms with van der Waals surface area (Å²) in [6.07, 6.45) is 5.58. The van der Waals surface area contributed by atoms with Gasteiger partial charge in [0.25, 0.3) is 11.6 Å². The van der Waals surface area contributed by atoms with E-state index >= 15 is 0 Å². The number of nitro groups is 1. The molecule has 0 atom stereocenters. The molecule has 0 aliphatic heterocycles. The Morgan fingerprint density at radius 3 is 2.55 bits per heavy atom. The van der Waals surface area contributed by atoms with Gasteiger partial charge in [-0.2, -0.15) is 0 Å². The lowest BCUT2D eigenvalue weighted by Gasteiger charge is -2.31. The monoisotopic (exact) mass is 276 g/mol. The Bertz CT molecular complexity index is 522. The maximum atomic E-state index is 12.5. The number of rotatable bonds is 3. The molecule has 108 valence electrons. The van der Waals surface area contributed by atoms with Crippen LogP contribution in [-0.2, 0) is 0 Å². The summed E-state index contributed by atoms with van der Waals surface area (Å²) in [6.45, 7) is 1.64. The maximum absolute atomic E-state index is 12.5. The van der Waals surface area contributed by atoms with Gasteiger partial charge in [-0.1, -0.05) is 25.3 Å². The number of benzene rings is 1. The zero-order valence-electron chi connectivity index (χ0n) is 12.0. The van der Waals surface area contributed by atoms with E-state index in [1.54, 1.807) is 31.0 Å². The molecule has 20 heavy (non-hydrogen) atoms. The van der Waals surface area contributed by atoms with Gasteiger partial charge in [0.15, 0.2) is 0 Å². The summed E-state index contributed by atoms with van der Waals surface area (Å²) in [5.74, 6) is -0.113. The van der Waals surface area contributed by atoms with Crippen molar-refractivity contribution in [1.29, 1.82) is 0 Å². The third kappa shape index (κ3) is 2.81. The molecule has 1 fully saturated rings. The second-order valence-electron chi connectivity index (χ2n) is 5.41. The fourth-order valence-corrected chi connectivity index (χ4v) is 2.88. The molecule has 0 radical (unpaired) electrons. The van der Waals surface area contributed by atoms with Crippen molar-refractivity contribution in [2.24, 2.45) is 0 Å². The van der Waals surface area contributed by atoms with E-state index in [4.69, 9.17) is 0 Å². The van der Waals surface area contributed by atoms with Crippen LogP contribution in [0.5, 0.6) is 0 Å². The van der Waals surface area contributed by atoms with Crippen molar-refractivity contribution in [3.8, 4) is 0 Å². The first-order valence-corrected chi connectivity index (χ1v) is 7.03. The van der Waals surface area contributed by atoms with E-state index in [9.17, 15) is 14.9 Å². The molecule has 0 heterocycles. The van der Waals surface area contributed by atoms with Crippen LogP contribution >= 0.6 is 0 Å². The van der Waals surface area contributed by atoms with Crippen LogP contribution < -0.4 is 0 Å². The molecule has 1 aromatic carbocycles. The molecule has 0 unspecified atom stereocenters. The minimum absolute atomic E-state index is 0.00731. The van der Waals surface area contributed by atoms with Crippen molar-refractivity contribution in [2.75, 3.05) is 7.05 Å². The second kappa shape index (κ2) is 6.03. The minimum Gasteiger partial charge on any atom is -0.339 e. The number of amides is 1. The zero-order valence-corrected chi connectivity index (χ0v) is 12.0. The molecule has 0 bridgehead atoms. The number of nitro benzene ring substituents is 1. The third-order valence-electron chi connectivity index (χ3n) is 4.18. The van der Waals surface area contributed by atoms with E-state index in [-0.39, 0.29) is 17.6 Å². The molecule has 5 nitrogen and oxygen atoms in total. The lowest BCUT2D eigenvalue weighted by atomic mass is 9.93. The molecule has 0 spiro atoms. The lowest BCUT2D eigenvalue weighted by molar-refractivity contribution is -0.385. The van der Waals surface area contributed by atoms with Crippen LogP contribution in [-0.4, -0.2) is 28.8 Å². The first kappa shape index (κ1) is 14.5. The van der Waals surface area contributed by atoms with Crippen molar-refractivity contribution in [1.82, 2.24) is 4.90 Å². The van der Waals surface area contributed by atoms with Crippen molar-refractivity contribution >= 4 is 11.6 Å². The molecule has 1 aromatic rings. The van der Waals surface area contributed by atoms with Gasteiger partial charge < -0.3 is 4.90 Å². The Balaban J connectivity index is 2.24. The second-order valence-corrected chi connectivity index (χ2v) is 5.41. The van der Waals surface area contributed by atoms with E-state index in [1.165, 1.54) is 12.5 Å². The summed E-state index contributed by atoms with van der Waals surface area (Å²) in [7, 11) is 1.80. The summed E-state index contributed by atoms with van der Waals surface area (Å²) < 4.78 is 0. The van der Waals surface area contributed by atoms with Crippen LogP contribution in [0, 0.1) is 17.0 Å². The Morgan fingerprint density at radius 1 is 1.30 bits per heavy atom. The predicted molar refractivity (Wildman–Crippen MR) is 76.8 cm³/mol. The number of carbonyl (C=O) groups is 1. The first-order chi connectivity index (χ1) is 9.52. The number of hydrogen-bond acceptors (Lipinski definition) is 3. The van der Waals surface area contributed by atoms with Gasteiger partial charge >= 0.3 is 0 Å². The molecule has 1 amide bonds.